The van der Waals surface area contributed by atoms with Crippen molar-refractivity contribution < 1.29 is 14.3 Å². The van der Waals surface area contributed by atoms with Gasteiger partial charge in [-0.1, -0.05) is 0 Å². The highest BCUT2D eigenvalue weighted by Gasteiger charge is 2.13. The van der Waals surface area contributed by atoms with Crippen LogP contribution >= 0.6 is 28.3 Å². The number of amides is 1. The van der Waals surface area contributed by atoms with Crippen molar-refractivity contribution in [2.24, 2.45) is 5.73 Å². The van der Waals surface area contributed by atoms with Gasteiger partial charge in [-0.05, 0) is 22.9 Å². The number of ether oxygens (including phenoxy) is 2. The van der Waals surface area contributed by atoms with Gasteiger partial charge in [-0.3, -0.25) is 4.79 Å². The van der Waals surface area contributed by atoms with Crippen LogP contribution in [0.1, 0.15) is 6.92 Å². The van der Waals surface area contributed by atoms with Gasteiger partial charge in [0.2, 0.25) is 5.91 Å². The summed E-state index contributed by atoms with van der Waals surface area (Å²) in [5, 5.41) is 2.67. The second-order valence-corrected chi connectivity index (χ2v) is 4.27. The third-order valence-electron chi connectivity index (χ3n) is 2.13. The Morgan fingerprint density at radius 3 is 2.11 bits per heavy atom. The SMILES string of the molecule is COc1cc(NC(=O)C(C)N)cc(OC)c1Br.Cl. The maximum Gasteiger partial charge on any atom is 0.241 e. The topological polar surface area (TPSA) is 73.6 Å². The van der Waals surface area contributed by atoms with E-state index in [1.165, 1.54) is 14.2 Å². The van der Waals surface area contributed by atoms with E-state index < -0.39 is 6.04 Å². The van der Waals surface area contributed by atoms with Gasteiger partial charge in [0.25, 0.3) is 0 Å². The number of benzene rings is 1. The van der Waals surface area contributed by atoms with Gasteiger partial charge in [0.1, 0.15) is 16.0 Å². The summed E-state index contributed by atoms with van der Waals surface area (Å²) < 4.78 is 11.0. The third kappa shape index (κ3) is 4.04. The van der Waals surface area contributed by atoms with E-state index in [9.17, 15) is 4.79 Å². The van der Waals surface area contributed by atoms with Gasteiger partial charge in [0.05, 0.1) is 20.3 Å². The second-order valence-electron chi connectivity index (χ2n) is 3.47. The summed E-state index contributed by atoms with van der Waals surface area (Å²) in [4.78, 5) is 11.5. The lowest BCUT2D eigenvalue weighted by atomic mass is 10.2. The van der Waals surface area contributed by atoms with E-state index in [-0.39, 0.29) is 18.3 Å². The second kappa shape index (κ2) is 7.45. The lowest BCUT2D eigenvalue weighted by Crippen LogP contribution is -2.32. The monoisotopic (exact) mass is 338 g/mol. The van der Waals surface area contributed by atoms with Crippen LogP contribution in [-0.4, -0.2) is 26.2 Å². The van der Waals surface area contributed by atoms with Crippen molar-refractivity contribution in [3.63, 3.8) is 0 Å². The minimum absolute atomic E-state index is 0. The molecule has 0 aliphatic carbocycles. The molecule has 5 nitrogen and oxygen atoms in total. The van der Waals surface area contributed by atoms with Crippen molar-refractivity contribution >= 4 is 39.9 Å². The highest BCUT2D eigenvalue weighted by atomic mass is 79.9. The van der Waals surface area contributed by atoms with Gasteiger partial charge in [-0.25, -0.2) is 0 Å². The van der Waals surface area contributed by atoms with Gasteiger partial charge in [-0.2, -0.15) is 0 Å². The van der Waals surface area contributed by atoms with E-state index in [1.807, 2.05) is 0 Å². The molecule has 0 bridgehead atoms. The minimum Gasteiger partial charge on any atom is -0.495 e. The Morgan fingerprint density at radius 2 is 1.78 bits per heavy atom. The van der Waals surface area contributed by atoms with Crippen molar-refractivity contribution in [2.45, 2.75) is 13.0 Å². The summed E-state index contributed by atoms with van der Waals surface area (Å²) in [7, 11) is 3.08. The normalized spacial score (nSPS) is 11.2. The zero-order valence-corrected chi connectivity index (χ0v) is 12.7. The van der Waals surface area contributed by atoms with Crippen molar-refractivity contribution in [2.75, 3.05) is 19.5 Å². The van der Waals surface area contributed by atoms with E-state index in [0.717, 1.165) is 0 Å². The number of hydrogen-bond donors (Lipinski definition) is 2. The largest absolute Gasteiger partial charge is 0.495 e. The van der Waals surface area contributed by atoms with Crippen LogP contribution in [0.15, 0.2) is 16.6 Å². The molecule has 1 rings (SSSR count). The zero-order valence-electron chi connectivity index (χ0n) is 10.3. The number of hydrogen-bond acceptors (Lipinski definition) is 4. The van der Waals surface area contributed by atoms with E-state index in [2.05, 4.69) is 21.2 Å². The van der Waals surface area contributed by atoms with Crippen molar-refractivity contribution in [3.8, 4) is 11.5 Å². The van der Waals surface area contributed by atoms with E-state index >= 15 is 0 Å². The van der Waals surface area contributed by atoms with Gasteiger partial charge in [0.15, 0.2) is 0 Å². The van der Waals surface area contributed by atoms with Crippen LogP contribution in [0.2, 0.25) is 0 Å². The van der Waals surface area contributed by atoms with E-state index in [1.54, 1.807) is 19.1 Å². The van der Waals surface area contributed by atoms with Crippen LogP contribution in [0.5, 0.6) is 11.5 Å². The van der Waals surface area contributed by atoms with Crippen LogP contribution in [0, 0.1) is 0 Å². The van der Waals surface area contributed by atoms with Crippen LogP contribution in [0.25, 0.3) is 0 Å². The maximum atomic E-state index is 11.5. The van der Waals surface area contributed by atoms with Crippen molar-refractivity contribution in [3.05, 3.63) is 16.6 Å². The molecule has 18 heavy (non-hydrogen) atoms. The summed E-state index contributed by atoms with van der Waals surface area (Å²) >= 11 is 3.34. The van der Waals surface area contributed by atoms with Gasteiger partial charge >= 0.3 is 0 Å². The molecule has 0 spiro atoms. The first-order valence-corrected chi connectivity index (χ1v) is 5.76. The summed E-state index contributed by atoms with van der Waals surface area (Å²) in [6.07, 6.45) is 0. The lowest BCUT2D eigenvalue weighted by Gasteiger charge is -2.13. The first-order valence-electron chi connectivity index (χ1n) is 4.97. The molecule has 1 aromatic carbocycles. The van der Waals surface area contributed by atoms with E-state index in [0.29, 0.717) is 21.7 Å². The molecule has 0 saturated carbocycles. The van der Waals surface area contributed by atoms with Crippen LogP contribution in [0.3, 0.4) is 0 Å². The predicted octanol–water partition coefficient (Wildman–Crippen LogP) is 2.17. The number of nitrogens with one attached hydrogen (secondary N) is 1. The van der Waals surface area contributed by atoms with Crippen LogP contribution < -0.4 is 20.5 Å². The third-order valence-corrected chi connectivity index (χ3v) is 2.91. The quantitative estimate of drug-likeness (QED) is 0.882. The summed E-state index contributed by atoms with van der Waals surface area (Å²) in [5.74, 6) is 0.880. The molecule has 102 valence electrons. The molecule has 0 aromatic heterocycles. The molecule has 1 unspecified atom stereocenters. The lowest BCUT2D eigenvalue weighted by molar-refractivity contribution is -0.117. The average Bonchev–Trinajstić information content (AvgIpc) is 2.30. The molecular weight excluding hydrogens is 323 g/mol. The summed E-state index contributed by atoms with van der Waals surface area (Å²) in [5.41, 5.74) is 6.04. The first-order chi connectivity index (χ1) is 7.99. The molecule has 0 aliphatic rings. The molecule has 0 heterocycles. The Labute approximate surface area is 121 Å². The molecule has 7 heteroatoms. The smallest absolute Gasteiger partial charge is 0.241 e. The number of carbonyl (C=O) groups is 1. The average molecular weight is 340 g/mol. The Hall–Kier alpha value is -0.980. The Kier molecular flexibility index (Phi) is 7.05. The van der Waals surface area contributed by atoms with Crippen LogP contribution in [0.4, 0.5) is 5.69 Å². The van der Waals surface area contributed by atoms with Crippen molar-refractivity contribution in [1.29, 1.82) is 0 Å². The van der Waals surface area contributed by atoms with Crippen LogP contribution in [-0.2, 0) is 4.79 Å². The Balaban J connectivity index is 0.00000289. The van der Waals surface area contributed by atoms with Gasteiger partial charge in [-0.15, -0.1) is 12.4 Å². The summed E-state index contributed by atoms with van der Waals surface area (Å²) in [6.45, 7) is 1.61. The summed E-state index contributed by atoms with van der Waals surface area (Å²) in [6, 6.07) is 2.80. The maximum absolute atomic E-state index is 11.5. The van der Waals surface area contributed by atoms with Crippen molar-refractivity contribution in [1.82, 2.24) is 0 Å². The molecule has 0 aliphatic heterocycles. The number of anilines is 1. The molecule has 1 atom stereocenters. The molecule has 1 aromatic rings. The number of rotatable bonds is 4. The molecular formula is C11H16BrClN2O3. The predicted molar refractivity (Wildman–Crippen MR) is 76.8 cm³/mol. The highest BCUT2D eigenvalue weighted by molar-refractivity contribution is 9.10. The van der Waals surface area contributed by atoms with Gasteiger partial charge in [0, 0.05) is 17.8 Å². The molecule has 3 N–H and O–H groups in total. The first kappa shape index (κ1) is 17.0. The number of carbonyl (C=O) groups excluding carboxylic acids is 1. The van der Waals surface area contributed by atoms with E-state index in [4.69, 9.17) is 15.2 Å². The Bertz CT molecular complexity index is 402. The number of halogens is 2. The number of methoxy groups -OCH3 is 2. The highest BCUT2D eigenvalue weighted by Crippen LogP contribution is 2.37. The number of nitrogens with two attached hydrogens (primary N) is 1. The molecule has 0 fully saturated rings. The standard InChI is InChI=1S/C11H15BrN2O3.ClH/c1-6(13)11(15)14-7-4-8(16-2)10(12)9(5-7)17-3;/h4-6H,13H2,1-3H3,(H,14,15);1H. The fraction of sp³-hybridized carbons (Fsp3) is 0.364. The zero-order chi connectivity index (χ0) is 13.0. The molecule has 1 amide bonds. The minimum atomic E-state index is -0.573. The fourth-order valence-electron chi connectivity index (χ4n) is 1.20. The molecule has 0 saturated heterocycles. The van der Waals surface area contributed by atoms with Gasteiger partial charge < -0.3 is 20.5 Å². The fourth-order valence-corrected chi connectivity index (χ4v) is 1.75. The molecule has 0 radical (unpaired) electrons. The Morgan fingerprint density at radius 1 is 1.33 bits per heavy atom.